The van der Waals surface area contributed by atoms with E-state index < -0.39 is 36.7 Å². The van der Waals surface area contributed by atoms with Crippen molar-refractivity contribution in [2.45, 2.75) is 23.1 Å². The summed E-state index contributed by atoms with van der Waals surface area (Å²) in [5.74, 6) is -0.893. The van der Waals surface area contributed by atoms with Gasteiger partial charge in [0.25, 0.3) is 0 Å². The summed E-state index contributed by atoms with van der Waals surface area (Å²) in [7, 11) is -7.38. The smallest absolute Gasteiger partial charge is 0.221 e. The molecule has 2 aliphatic rings. The van der Waals surface area contributed by atoms with E-state index in [9.17, 15) is 26.4 Å². The number of piperazine rings is 1. The van der Waals surface area contributed by atoms with E-state index in [-0.39, 0.29) is 16.6 Å². The Bertz CT molecular complexity index is 951. The fourth-order valence-electron chi connectivity index (χ4n) is 3.71. The Kier molecular flexibility index (Phi) is 5.78. The summed E-state index contributed by atoms with van der Waals surface area (Å²) in [5.41, 5.74) is 0.465. The van der Waals surface area contributed by atoms with Crippen LogP contribution in [0, 0.1) is 0 Å². The first-order valence-corrected chi connectivity index (χ1v) is 12.2. The van der Waals surface area contributed by atoms with Crippen LogP contribution in [0.2, 0.25) is 0 Å². The zero-order valence-electron chi connectivity index (χ0n) is 15.4. The average Bonchev–Trinajstić information content (AvgIpc) is 2.98. The Balaban J connectivity index is 1.85. The molecule has 1 aromatic rings. The van der Waals surface area contributed by atoms with Gasteiger partial charge in [-0.05, 0) is 24.3 Å². The van der Waals surface area contributed by atoms with E-state index in [1.54, 1.807) is 4.90 Å². The molecule has 2 heterocycles. The highest BCUT2D eigenvalue weighted by Crippen LogP contribution is 2.30. The van der Waals surface area contributed by atoms with Crippen molar-refractivity contribution in [2.24, 2.45) is 0 Å². The minimum atomic E-state index is -3.89. The van der Waals surface area contributed by atoms with Gasteiger partial charge in [-0.15, -0.1) is 0 Å². The standard InChI is InChI=1S/C17H23N3O6S2/c1-13(22)18-14-2-4-15(5-3-14)28(25,26)17-11-27(23,24)10-16(17)20-8-6-19(12-21)7-9-20/h2-5,12,16-17H,6-11H2,1H3,(H,18,22)/t16-,17-/m0/s1. The van der Waals surface area contributed by atoms with Crippen molar-refractivity contribution in [1.82, 2.24) is 9.80 Å². The van der Waals surface area contributed by atoms with E-state index in [0.717, 1.165) is 6.41 Å². The van der Waals surface area contributed by atoms with Crippen molar-refractivity contribution in [2.75, 3.05) is 43.0 Å². The van der Waals surface area contributed by atoms with E-state index in [0.29, 0.717) is 31.9 Å². The Morgan fingerprint density at radius 2 is 1.71 bits per heavy atom. The molecule has 2 aliphatic heterocycles. The van der Waals surface area contributed by atoms with Gasteiger partial charge in [-0.1, -0.05) is 0 Å². The van der Waals surface area contributed by atoms with Gasteiger partial charge in [0.15, 0.2) is 19.7 Å². The number of rotatable bonds is 5. The minimum Gasteiger partial charge on any atom is -0.343 e. The maximum Gasteiger partial charge on any atom is 0.221 e. The number of carbonyl (C=O) groups is 2. The van der Waals surface area contributed by atoms with Gasteiger partial charge < -0.3 is 10.2 Å². The largest absolute Gasteiger partial charge is 0.343 e. The lowest BCUT2D eigenvalue weighted by Crippen LogP contribution is -2.54. The van der Waals surface area contributed by atoms with Gasteiger partial charge in [-0.3, -0.25) is 14.5 Å². The van der Waals surface area contributed by atoms with Crippen LogP contribution in [0.4, 0.5) is 5.69 Å². The highest BCUT2D eigenvalue weighted by molar-refractivity contribution is 7.96. The fraction of sp³-hybridized carbons (Fsp3) is 0.529. The molecular weight excluding hydrogens is 406 g/mol. The molecule has 0 unspecified atom stereocenters. The predicted octanol–water partition coefficient (Wildman–Crippen LogP) is -0.642. The quantitative estimate of drug-likeness (QED) is 0.618. The normalized spacial score (nSPS) is 25.4. The van der Waals surface area contributed by atoms with Gasteiger partial charge in [0, 0.05) is 44.8 Å². The van der Waals surface area contributed by atoms with E-state index in [1.807, 2.05) is 4.90 Å². The van der Waals surface area contributed by atoms with Crippen molar-refractivity contribution in [3.05, 3.63) is 24.3 Å². The molecule has 2 fully saturated rings. The molecule has 2 amide bonds. The summed E-state index contributed by atoms with van der Waals surface area (Å²) in [6.07, 6.45) is 0.744. The number of sulfone groups is 2. The first-order valence-electron chi connectivity index (χ1n) is 8.88. The van der Waals surface area contributed by atoms with E-state index in [2.05, 4.69) is 5.32 Å². The highest BCUT2D eigenvalue weighted by Gasteiger charge is 2.48. The summed E-state index contributed by atoms with van der Waals surface area (Å²) in [5, 5.41) is 1.50. The van der Waals surface area contributed by atoms with E-state index >= 15 is 0 Å². The van der Waals surface area contributed by atoms with Gasteiger partial charge in [0.2, 0.25) is 12.3 Å². The first-order chi connectivity index (χ1) is 13.1. The van der Waals surface area contributed by atoms with Crippen molar-refractivity contribution in [1.29, 1.82) is 0 Å². The van der Waals surface area contributed by atoms with Crippen LogP contribution in [0.15, 0.2) is 29.2 Å². The molecule has 2 atom stereocenters. The second kappa shape index (κ2) is 7.80. The maximum atomic E-state index is 13.2. The predicted molar refractivity (Wildman–Crippen MR) is 103 cm³/mol. The maximum absolute atomic E-state index is 13.2. The summed E-state index contributed by atoms with van der Waals surface area (Å²) in [4.78, 5) is 25.5. The summed E-state index contributed by atoms with van der Waals surface area (Å²) in [6, 6.07) is 5.09. The number of benzene rings is 1. The zero-order chi connectivity index (χ0) is 20.5. The van der Waals surface area contributed by atoms with Crippen LogP contribution in [0.1, 0.15) is 6.92 Å². The second-order valence-corrected chi connectivity index (χ2v) is 11.4. The molecule has 11 heteroatoms. The van der Waals surface area contributed by atoms with Crippen LogP contribution in [0.5, 0.6) is 0 Å². The van der Waals surface area contributed by atoms with E-state index in [4.69, 9.17) is 0 Å². The molecular formula is C17H23N3O6S2. The van der Waals surface area contributed by atoms with Crippen LogP contribution in [0.25, 0.3) is 0 Å². The van der Waals surface area contributed by atoms with Crippen molar-refractivity contribution in [3.63, 3.8) is 0 Å². The Labute approximate surface area is 164 Å². The third-order valence-corrected chi connectivity index (χ3v) is 9.28. The number of hydrogen-bond acceptors (Lipinski definition) is 7. The van der Waals surface area contributed by atoms with Crippen LogP contribution in [-0.4, -0.2) is 87.9 Å². The lowest BCUT2D eigenvalue weighted by atomic mass is 10.2. The number of anilines is 1. The summed E-state index contributed by atoms with van der Waals surface area (Å²) in [6.45, 7) is 3.11. The molecule has 3 rings (SSSR count). The molecule has 0 aliphatic carbocycles. The number of amides is 2. The van der Waals surface area contributed by atoms with Gasteiger partial charge in [-0.25, -0.2) is 16.8 Å². The molecule has 1 N–H and O–H groups in total. The first kappa shape index (κ1) is 20.7. The lowest BCUT2D eigenvalue weighted by molar-refractivity contribution is -0.120. The fourth-order valence-corrected chi connectivity index (χ4v) is 8.54. The molecule has 0 aromatic heterocycles. The van der Waals surface area contributed by atoms with Gasteiger partial charge >= 0.3 is 0 Å². The molecule has 2 saturated heterocycles. The topological polar surface area (TPSA) is 121 Å². The second-order valence-electron chi connectivity index (χ2n) is 7.11. The van der Waals surface area contributed by atoms with Gasteiger partial charge in [0.05, 0.1) is 21.7 Å². The monoisotopic (exact) mass is 429 g/mol. The van der Waals surface area contributed by atoms with Crippen molar-refractivity contribution < 1.29 is 26.4 Å². The van der Waals surface area contributed by atoms with Gasteiger partial charge in [0.1, 0.15) is 0 Å². The molecule has 154 valence electrons. The average molecular weight is 430 g/mol. The van der Waals surface area contributed by atoms with Crippen LogP contribution in [0.3, 0.4) is 0 Å². The molecule has 28 heavy (non-hydrogen) atoms. The van der Waals surface area contributed by atoms with Crippen LogP contribution >= 0.6 is 0 Å². The molecule has 1 aromatic carbocycles. The number of nitrogens with zero attached hydrogens (tertiary/aromatic N) is 2. The molecule has 0 spiro atoms. The number of carbonyl (C=O) groups excluding carboxylic acids is 2. The molecule has 0 radical (unpaired) electrons. The van der Waals surface area contributed by atoms with E-state index in [1.165, 1.54) is 31.2 Å². The van der Waals surface area contributed by atoms with Crippen molar-refractivity contribution in [3.8, 4) is 0 Å². The van der Waals surface area contributed by atoms with Crippen LogP contribution in [-0.2, 0) is 29.3 Å². The Morgan fingerprint density at radius 3 is 2.25 bits per heavy atom. The third kappa shape index (κ3) is 4.36. The van der Waals surface area contributed by atoms with Crippen LogP contribution < -0.4 is 5.32 Å². The zero-order valence-corrected chi connectivity index (χ0v) is 17.1. The SMILES string of the molecule is CC(=O)Nc1ccc(S(=O)(=O)[C@H]2CS(=O)(=O)C[C@@H]2N2CCN(C=O)CC2)cc1. The Morgan fingerprint density at radius 1 is 1.11 bits per heavy atom. The van der Waals surface area contributed by atoms with Crippen molar-refractivity contribution >= 4 is 37.7 Å². The third-order valence-electron chi connectivity index (χ3n) is 5.14. The van der Waals surface area contributed by atoms with Gasteiger partial charge in [-0.2, -0.15) is 0 Å². The highest BCUT2D eigenvalue weighted by atomic mass is 32.2. The number of nitrogens with one attached hydrogen (secondary N) is 1. The molecule has 0 saturated carbocycles. The molecule has 0 bridgehead atoms. The Hall–Kier alpha value is -1.98. The summed E-state index contributed by atoms with van der Waals surface area (Å²) >= 11 is 0. The molecule has 9 nitrogen and oxygen atoms in total. The number of hydrogen-bond donors (Lipinski definition) is 1. The lowest BCUT2D eigenvalue weighted by Gasteiger charge is -2.37. The minimum absolute atomic E-state index is 0.0280. The summed E-state index contributed by atoms with van der Waals surface area (Å²) < 4.78 is 50.9.